The molecule has 1 heterocycles. The number of rotatable bonds is 6. The molecule has 3 rings (SSSR count). The third-order valence-electron chi connectivity index (χ3n) is 3.92. The maximum absolute atomic E-state index is 9.48. The first kappa shape index (κ1) is 18.9. The third-order valence-corrected chi connectivity index (χ3v) is 5.00. The van der Waals surface area contributed by atoms with Gasteiger partial charge in [0.1, 0.15) is 11.8 Å². The fraction of sp³-hybridized carbons (Fsp3) is 0.150. The van der Waals surface area contributed by atoms with Crippen LogP contribution in [0.25, 0.3) is 11.3 Å². The molecule has 3 aromatic rings. The van der Waals surface area contributed by atoms with Gasteiger partial charge in [-0.1, -0.05) is 42.8 Å². The number of nitrogens with zero attached hydrogens (tertiary/aromatic N) is 3. The lowest BCUT2D eigenvalue weighted by Gasteiger charge is -2.07. The van der Waals surface area contributed by atoms with Crippen LogP contribution in [0, 0.1) is 11.3 Å². The molecule has 0 aliphatic carbocycles. The zero-order valence-electron chi connectivity index (χ0n) is 14.9. The first-order chi connectivity index (χ1) is 13.1. The minimum absolute atomic E-state index is 0.193. The number of anilines is 1. The number of hydrogen-bond donors (Lipinski definition) is 1. The van der Waals surface area contributed by atoms with Crippen LogP contribution >= 0.6 is 22.9 Å². The topological polar surface area (TPSA) is 70.3 Å². The van der Waals surface area contributed by atoms with Crippen LogP contribution in [-0.2, 0) is 6.42 Å². The summed E-state index contributed by atoms with van der Waals surface area (Å²) in [5.41, 5.74) is 6.71. The van der Waals surface area contributed by atoms with Gasteiger partial charge in [-0.2, -0.15) is 10.4 Å². The number of nitrogens with one attached hydrogen (secondary N) is 1. The van der Waals surface area contributed by atoms with Crippen molar-refractivity contribution in [2.75, 3.05) is 12.5 Å². The number of nitriles is 1. The van der Waals surface area contributed by atoms with E-state index >= 15 is 0 Å². The van der Waals surface area contributed by atoms with Gasteiger partial charge >= 0.3 is 0 Å². The molecule has 0 bridgehead atoms. The van der Waals surface area contributed by atoms with Crippen molar-refractivity contribution in [2.45, 2.75) is 13.3 Å². The highest BCUT2D eigenvalue weighted by Crippen LogP contribution is 2.28. The van der Waals surface area contributed by atoms with Gasteiger partial charge in [0.15, 0.2) is 10.7 Å². The lowest BCUT2D eigenvalue weighted by atomic mass is 10.1. The van der Waals surface area contributed by atoms with Gasteiger partial charge in [-0.3, -0.25) is 5.43 Å². The Labute approximate surface area is 166 Å². The van der Waals surface area contributed by atoms with Crippen LogP contribution in [0.2, 0.25) is 5.02 Å². The minimum Gasteiger partial charge on any atom is -0.495 e. The van der Waals surface area contributed by atoms with E-state index in [0.717, 1.165) is 17.7 Å². The van der Waals surface area contributed by atoms with E-state index in [4.69, 9.17) is 16.3 Å². The van der Waals surface area contributed by atoms with Crippen molar-refractivity contribution in [3.05, 3.63) is 63.4 Å². The third kappa shape index (κ3) is 4.45. The van der Waals surface area contributed by atoms with Gasteiger partial charge in [0.2, 0.25) is 0 Å². The first-order valence-electron chi connectivity index (χ1n) is 8.27. The number of methoxy groups -OCH3 is 1. The quantitative estimate of drug-likeness (QED) is 0.449. The van der Waals surface area contributed by atoms with Gasteiger partial charge in [0.05, 0.1) is 18.5 Å². The molecule has 1 aromatic heterocycles. The van der Waals surface area contributed by atoms with E-state index in [2.05, 4.69) is 40.6 Å². The molecule has 136 valence electrons. The summed E-state index contributed by atoms with van der Waals surface area (Å²) >= 11 is 7.39. The molecule has 0 amide bonds. The van der Waals surface area contributed by atoms with Crippen LogP contribution in [0.1, 0.15) is 17.5 Å². The van der Waals surface area contributed by atoms with Crippen LogP contribution in [0.4, 0.5) is 5.69 Å². The highest BCUT2D eigenvalue weighted by Gasteiger charge is 2.11. The molecule has 0 aliphatic rings. The number of hydrogen-bond acceptors (Lipinski definition) is 6. The lowest BCUT2D eigenvalue weighted by Crippen LogP contribution is -2.02. The molecule has 0 aliphatic heterocycles. The number of benzene rings is 2. The van der Waals surface area contributed by atoms with Crippen molar-refractivity contribution in [3.63, 3.8) is 0 Å². The summed E-state index contributed by atoms with van der Waals surface area (Å²) in [5.74, 6) is 0.580. The van der Waals surface area contributed by atoms with E-state index in [1.54, 1.807) is 25.3 Å². The van der Waals surface area contributed by atoms with Crippen LogP contribution in [0.15, 0.2) is 52.9 Å². The summed E-state index contributed by atoms with van der Waals surface area (Å²) < 4.78 is 5.27. The Balaban J connectivity index is 1.84. The molecule has 2 aromatic carbocycles. The molecule has 0 saturated heterocycles. The summed E-state index contributed by atoms with van der Waals surface area (Å²) in [6.07, 6.45) is 0.993. The Bertz CT molecular complexity index is 1010. The van der Waals surface area contributed by atoms with Crippen molar-refractivity contribution >= 4 is 34.3 Å². The summed E-state index contributed by atoms with van der Waals surface area (Å²) in [4.78, 5) is 4.55. The largest absolute Gasteiger partial charge is 0.495 e. The Morgan fingerprint density at radius 1 is 1.30 bits per heavy atom. The fourth-order valence-corrected chi connectivity index (χ4v) is 3.37. The van der Waals surface area contributed by atoms with Gasteiger partial charge in [0.25, 0.3) is 0 Å². The first-order valence-corrected chi connectivity index (χ1v) is 9.53. The second-order valence-electron chi connectivity index (χ2n) is 5.62. The molecule has 0 atom stereocenters. The van der Waals surface area contributed by atoms with E-state index in [1.165, 1.54) is 16.9 Å². The lowest BCUT2D eigenvalue weighted by molar-refractivity contribution is 0.416. The predicted molar refractivity (Wildman–Crippen MR) is 111 cm³/mol. The van der Waals surface area contributed by atoms with E-state index in [1.807, 2.05) is 17.5 Å². The molecule has 1 N–H and O–H groups in total. The van der Waals surface area contributed by atoms with Crippen molar-refractivity contribution in [3.8, 4) is 23.1 Å². The predicted octanol–water partition coefficient (Wildman–Crippen LogP) is 5.37. The molecule has 7 heteroatoms. The van der Waals surface area contributed by atoms with Gasteiger partial charge in [-0.25, -0.2) is 4.98 Å². The summed E-state index contributed by atoms with van der Waals surface area (Å²) in [6, 6.07) is 15.5. The van der Waals surface area contributed by atoms with Crippen LogP contribution in [0.3, 0.4) is 0 Å². The number of hydrazone groups is 1. The standard InChI is InChI=1S/C20H17ClN4OS/c1-3-13-4-6-14(7-5-13)18-12-27-20(23-18)17(11-22)25-24-16-10-15(21)8-9-19(16)26-2/h4-10,12,24H,3H2,1-2H3/b25-17-. The Morgan fingerprint density at radius 3 is 2.74 bits per heavy atom. The molecule has 0 spiro atoms. The molecule has 0 unspecified atom stereocenters. The monoisotopic (exact) mass is 396 g/mol. The maximum atomic E-state index is 9.48. The Hall–Kier alpha value is -2.88. The smallest absolute Gasteiger partial charge is 0.196 e. The molecule has 0 fully saturated rings. The van der Waals surface area contributed by atoms with Crippen molar-refractivity contribution in [1.29, 1.82) is 5.26 Å². The van der Waals surface area contributed by atoms with Gasteiger partial charge in [0, 0.05) is 16.0 Å². The summed E-state index contributed by atoms with van der Waals surface area (Å²) in [5, 5.41) is 16.7. The fourth-order valence-electron chi connectivity index (χ4n) is 2.43. The van der Waals surface area contributed by atoms with Gasteiger partial charge in [-0.05, 0) is 30.2 Å². The van der Waals surface area contributed by atoms with Crippen LogP contribution < -0.4 is 10.2 Å². The summed E-state index contributed by atoms with van der Waals surface area (Å²) in [7, 11) is 1.56. The molecule has 5 nitrogen and oxygen atoms in total. The Morgan fingerprint density at radius 2 is 2.07 bits per heavy atom. The van der Waals surface area contributed by atoms with E-state index in [-0.39, 0.29) is 5.71 Å². The number of ether oxygens (including phenoxy) is 1. The normalized spacial score (nSPS) is 11.1. The van der Waals surface area contributed by atoms with E-state index in [9.17, 15) is 5.26 Å². The molecule has 0 saturated carbocycles. The maximum Gasteiger partial charge on any atom is 0.196 e. The highest BCUT2D eigenvalue weighted by atomic mass is 35.5. The SMILES string of the molecule is CCc1ccc(-c2csc(/C(C#N)=N\Nc3cc(Cl)ccc3OC)n2)cc1. The number of halogens is 1. The molecule has 27 heavy (non-hydrogen) atoms. The second kappa shape index (κ2) is 8.67. The second-order valence-corrected chi connectivity index (χ2v) is 6.91. The van der Waals surface area contributed by atoms with E-state index in [0.29, 0.717) is 21.5 Å². The average Bonchev–Trinajstić information content (AvgIpc) is 3.19. The average molecular weight is 397 g/mol. The van der Waals surface area contributed by atoms with Crippen LogP contribution in [-0.4, -0.2) is 17.8 Å². The number of aromatic nitrogens is 1. The highest BCUT2D eigenvalue weighted by molar-refractivity contribution is 7.12. The van der Waals surface area contributed by atoms with E-state index < -0.39 is 0 Å². The molecular formula is C20H17ClN4OS. The number of thiazole rings is 1. The van der Waals surface area contributed by atoms with Gasteiger partial charge < -0.3 is 4.74 Å². The molecular weight excluding hydrogens is 380 g/mol. The zero-order chi connectivity index (χ0) is 19.2. The minimum atomic E-state index is 0.193. The van der Waals surface area contributed by atoms with Crippen molar-refractivity contribution in [1.82, 2.24) is 4.98 Å². The van der Waals surface area contributed by atoms with Crippen LogP contribution in [0.5, 0.6) is 5.75 Å². The summed E-state index contributed by atoms with van der Waals surface area (Å²) in [6.45, 7) is 2.12. The number of aryl methyl sites for hydroxylation is 1. The van der Waals surface area contributed by atoms with Crippen molar-refractivity contribution in [2.24, 2.45) is 5.10 Å². The molecule has 0 radical (unpaired) electrons. The van der Waals surface area contributed by atoms with Crippen molar-refractivity contribution < 1.29 is 4.74 Å². The van der Waals surface area contributed by atoms with Gasteiger partial charge in [-0.15, -0.1) is 11.3 Å². The Kier molecular flexibility index (Phi) is 6.07. The zero-order valence-corrected chi connectivity index (χ0v) is 16.4.